The number of aliphatic hydroxyl groups is 2. The van der Waals surface area contributed by atoms with E-state index in [4.69, 9.17) is 0 Å². The topological polar surface area (TPSA) is 117 Å². The van der Waals surface area contributed by atoms with Gasteiger partial charge in [-0.1, -0.05) is 0 Å². The molecule has 2 amide bonds. The minimum absolute atomic E-state index is 0.0817. The van der Waals surface area contributed by atoms with E-state index in [0.29, 0.717) is 12.8 Å². The Labute approximate surface area is 114 Å². The number of nitrogens with zero attached hydrogens (tertiary/aromatic N) is 2. The molecule has 2 rings (SSSR count). The largest absolute Gasteiger partial charge is 0.526 e. The second-order valence-corrected chi connectivity index (χ2v) is 4.76. The van der Waals surface area contributed by atoms with Crippen molar-refractivity contribution in [3.8, 4) is 0 Å². The number of aliphatic hydroxyl groups excluding tert-OH is 2. The van der Waals surface area contributed by atoms with Gasteiger partial charge in [-0.05, 0) is 12.8 Å². The first kappa shape index (κ1) is 14.5. The number of rotatable bonds is 0. The van der Waals surface area contributed by atoms with Crippen LogP contribution in [0.2, 0.25) is 0 Å². The van der Waals surface area contributed by atoms with Crippen LogP contribution in [0.3, 0.4) is 0 Å². The molecule has 2 aliphatic rings. The summed E-state index contributed by atoms with van der Waals surface area (Å²) in [6, 6.07) is 0. The Kier molecular flexibility index (Phi) is 4.40. The fraction of sp³-hybridized carbons (Fsp3) is 0.727. The van der Waals surface area contributed by atoms with Gasteiger partial charge < -0.3 is 29.5 Å². The van der Waals surface area contributed by atoms with E-state index in [1.807, 2.05) is 0 Å². The average molecular weight is 288 g/mol. The standard InChI is InChI=1S/C11H16N2O7/c14-7-1-3-12(5-7)9(16)19-11(18)20-10(17)13-4-2-8(15)6-13/h7-8,14-15H,1-6H2. The van der Waals surface area contributed by atoms with Gasteiger partial charge >= 0.3 is 18.3 Å². The molecule has 2 saturated heterocycles. The zero-order valence-corrected chi connectivity index (χ0v) is 10.7. The van der Waals surface area contributed by atoms with Crippen LogP contribution in [0.4, 0.5) is 14.4 Å². The van der Waals surface area contributed by atoms with Crippen molar-refractivity contribution in [2.24, 2.45) is 0 Å². The maximum absolute atomic E-state index is 11.5. The molecule has 2 unspecified atom stereocenters. The van der Waals surface area contributed by atoms with E-state index in [1.54, 1.807) is 0 Å². The highest BCUT2D eigenvalue weighted by Crippen LogP contribution is 2.12. The minimum atomic E-state index is -1.41. The quantitative estimate of drug-likeness (QED) is 0.456. The third kappa shape index (κ3) is 3.58. The summed E-state index contributed by atoms with van der Waals surface area (Å²) in [5, 5.41) is 18.5. The Morgan fingerprint density at radius 3 is 1.55 bits per heavy atom. The van der Waals surface area contributed by atoms with E-state index >= 15 is 0 Å². The minimum Gasteiger partial charge on any atom is -0.391 e. The van der Waals surface area contributed by atoms with Gasteiger partial charge in [0.1, 0.15) is 0 Å². The molecule has 9 nitrogen and oxygen atoms in total. The molecule has 0 bridgehead atoms. The lowest BCUT2D eigenvalue weighted by Crippen LogP contribution is -2.35. The number of carbonyl (C=O) groups is 3. The van der Waals surface area contributed by atoms with Crippen LogP contribution in [0.15, 0.2) is 0 Å². The second-order valence-electron chi connectivity index (χ2n) is 4.76. The summed E-state index contributed by atoms with van der Waals surface area (Å²) in [7, 11) is 0. The fourth-order valence-corrected chi connectivity index (χ4v) is 2.11. The first-order valence-electron chi connectivity index (χ1n) is 6.29. The van der Waals surface area contributed by atoms with Gasteiger partial charge in [-0.25, -0.2) is 14.4 Å². The van der Waals surface area contributed by atoms with E-state index < -0.39 is 30.5 Å². The molecule has 2 heterocycles. The molecule has 0 radical (unpaired) electrons. The van der Waals surface area contributed by atoms with Gasteiger partial charge in [-0.3, -0.25) is 0 Å². The fourth-order valence-electron chi connectivity index (χ4n) is 2.11. The van der Waals surface area contributed by atoms with Crippen LogP contribution in [0.25, 0.3) is 0 Å². The summed E-state index contributed by atoms with van der Waals surface area (Å²) in [6.07, 6.45) is -3.77. The van der Waals surface area contributed by atoms with Crippen LogP contribution in [0.5, 0.6) is 0 Å². The second kappa shape index (κ2) is 6.06. The normalized spacial score (nSPS) is 25.7. The van der Waals surface area contributed by atoms with Gasteiger partial charge in [0.15, 0.2) is 0 Å². The number of amides is 2. The summed E-state index contributed by atoms with van der Waals surface area (Å²) < 4.78 is 8.69. The van der Waals surface area contributed by atoms with E-state index in [9.17, 15) is 24.6 Å². The zero-order valence-electron chi connectivity index (χ0n) is 10.7. The molecule has 0 aromatic heterocycles. The summed E-state index contributed by atoms with van der Waals surface area (Å²) >= 11 is 0. The van der Waals surface area contributed by atoms with Gasteiger partial charge in [0.05, 0.1) is 12.2 Å². The molecule has 2 aliphatic heterocycles. The third-order valence-corrected chi connectivity index (χ3v) is 3.18. The van der Waals surface area contributed by atoms with Gasteiger partial charge in [-0.2, -0.15) is 0 Å². The Hall–Kier alpha value is -1.87. The highest BCUT2D eigenvalue weighted by atomic mass is 16.8. The van der Waals surface area contributed by atoms with Crippen molar-refractivity contribution >= 4 is 18.3 Å². The van der Waals surface area contributed by atoms with Crippen molar-refractivity contribution in [2.45, 2.75) is 25.0 Å². The number of ether oxygens (including phenoxy) is 2. The molecule has 2 fully saturated rings. The van der Waals surface area contributed by atoms with Crippen LogP contribution in [0, 0.1) is 0 Å². The maximum Gasteiger partial charge on any atom is 0.526 e. The van der Waals surface area contributed by atoms with Gasteiger partial charge in [0.2, 0.25) is 0 Å². The van der Waals surface area contributed by atoms with Gasteiger partial charge in [-0.15, -0.1) is 0 Å². The van der Waals surface area contributed by atoms with Crippen LogP contribution >= 0.6 is 0 Å². The third-order valence-electron chi connectivity index (χ3n) is 3.18. The molecule has 20 heavy (non-hydrogen) atoms. The molecule has 2 N–H and O–H groups in total. The smallest absolute Gasteiger partial charge is 0.391 e. The maximum atomic E-state index is 11.5. The SMILES string of the molecule is O=C(OC(=O)N1CCC(O)C1)OC(=O)N1CCC(O)C1. The van der Waals surface area contributed by atoms with E-state index in [-0.39, 0.29) is 26.2 Å². The molecular weight excluding hydrogens is 272 g/mol. The predicted octanol–water partition coefficient (Wildman–Crippen LogP) is -0.487. The molecule has 112 valence electrons. The summed E-state index contributed by atoms with van der Waals surface area (Å²) in [4.78, 5) is 36.5. The molecule has 9 heteroatoms. The lowest BCUT2D eigenvalue weighted by molar-refractivity contribution is 0.0649. The van der Waals surface area contributed by atoms with Crippen LogP contribution in [0.1, 0.15) is 12.8 Å². The highest BCUT2D eigenvalue weighted by molar-refractivity contribution is 5.87. The number of carbonyl (C=O) groups excluding carboxylic acids is 3. The summed E-state index contributed by atoms with van der Waals surface area (Å²) in [6.45, 7) is 0.718. The number of β-amino-alcohol motifs (C(OH)–C–C–N with tert-alkyl or cyclic N) is 2. The Morgan fingerprint density at radius 1 is 0.850 bits per heavy atom. The first-order chi connectivity index (χ1) is 9.45. The van der Waals surface area contributed by atoms with Crippen LogP contribution in [-0.4, -0.2) is 76.7 Å². The Morgan fingerprint density at radius 2 is 1.25 bits per heavy atom. The lowest BCUT2D eigenvalue weighted by Gasteiger charge is -2.16. The van der Waals surface area contributed by atoms with Crippen molar-refractivity contribution in [3.63, 3.8) is 0 Å². The summed E-state index contributed by atoms with van der Waals surface area (Å²) in [5.74, 6) is 0. The van der Waals surface area contributed by atoms with Crippen molar-refractivity contribution in [2.75, 3.05) is 26.2 Å². The molecule has 0 spiro atoms. The predicted molar refractivity (Wildman–Crippen MR) is 62.8 cm³/mol. The van der Waals surface area contributed by atoms with Crippen LogP contribution < -0.4 is 0 Å². The van der Waals surface area contributed by atoms with Crippen molar-refractivity contribution < 1.29 is 34.1 Å². The summed E-state index contributed by atoms with van der Waals surface area (Å²) in [5.41, 5.74) is 0. The Bertz CT molecular complexity index is 378. The van der Waals surface area contributed by atoms with Gasteiger partial charge in [0, 0.05) is 26.2 Å². The first-order valence-corrected chi connectivity index (χ1v) is 6.29. The molecule has 0 aliphatic carbocycles. The van der Waals surface area contributed by atoms with E-state index in [2.05, 4.69) is 9.47 Å². The number of likely N-dealkylation sites (tertiary alicyclic amines) is 2. The molecule has 0 aromatic carbocycles. The highest BCUT2D eigenvalue weighted by Gasteiger charge is 2.31. The van der Waals surface area contributed by atoms with E-state index in [1.165, 1.54) is 0 Å². The van der Waals surface area contributed by atoms with Crippen molar-refractivity contribution in [1.29, 1.82) is 0 Å². The monoisotopic (exact) mass is 288 g/mol. The van der Waals surface area contributed by atoms with E-state index in [0.717, 1.165) is 9.80 Å². The van der Waals surface area contributed by atoms with Crippen LogP contribution in [-0.2, 0) is 9.47 Å². The lowest BCUT2D eigenvalue weighted by atomic mass is 10.3. The molecule has 2 atom stereocenters. The molecule has 0 aromatic rings. The van der Waals surface area contributed by atoms with Crippen molar-refractivity contribution in [3.05, 3.63) is 0 Å². The Balaban J connectivity index is 1.74. The average Bonchev–Trinajstić information content (AvgIpc) is 2.97. The number of hydrogen-bond acceptors (Lipinski definition) is 7. The van der Waals surface area contributed by atoms with Gasteiger partial charge in [0.25, 0.3) is 0 Å². The number of hydrogen-bond donors (Lipinski definition) is 2. The molecule has 0 saturated carbocycles. The molecular formula is C11H16N2O7. The van der Waals surface area contributed by atoms with Crippen molar-refractivity contribution in [1.82, 2.24) is 9.80 Å². The zero-order chi connectivity index (χ0) is 14.7.